The molecule has 2 aromatic rings. The van der Waals surface area contributed by atoms with Gasteiger partial charge in [0.25, 0.3) is 10.2 Å². The van der Waals surface area contributed by atoms with Crippen LogP contribution in [0.25, 0.3) is 10.9 Å². The summed E-state index contributed by atoms with van der Waals surface area (Å²) in [6.07, 6.45) is 1.87. The Morgan fingerprint density at radius 2 is 2.05 bits per heavy atom. The molecule has 0 saturated carbocycles. The standard InChI is InChI=1S/C13H17N3O3S/c17-20(18,16-5-7-19-8-6-16)15-10-11-1-2-13-12(9-11)3-4-14-13/h1-4,9,14-15H,5-8,10H2. The zero-order valence-electron chi connectivity index (χ0n) is 11.0. The molecule has 2 N–H and O–H groups in total. The van der Waals surface area contributed by atoms with Crippen LogP contribution in [0.3, 0.4) is 0 Å². The zero-order chi connectivity index (χ0) is 14.0. The van der Waals surface area contributed by atoms with Gasteiger partial charge in [0.15, 0.2) is 0 Å². The Balaban J connectivity index is 1.68. The lowest BCUT2D eigenvalue weighted by molar-refractivity contribution is 0.0725. The van der Waals surface area contributed by atoms with E-state index in [4.69, 9.17) is 4.74 Å². The van der Waals surface area contributed by atoms with Crippen molar-refractivity contribution in [2.45, 2.75) is 6.54 Å². The van der Waals surface area contributed by atoms with Crippen molar-refractivity contribution in [2.24, 2.45) is 0 Å². The van der Waals surface area contributed by atoms with Crippen molar-refractivity contribution < 1.29 is 13.2 Å². The van der Waals surface area contributed by atoms with Crippen molar-refractivity contribution in [1.29, 1.82) is 0 Å². The van der Waals surface area contributed by atoms with E-state index >= 15 is 0 Å². The molecule has 0 atom stereocenters. The van der Waals surface area contributed by atoms with E-state index in [1.54, 1.807) is 0 Å². The van der Waals surface area contributed by atoms with Gasteiger partial charge in [-0.25, -0.2) is 0 Å². The fourth-order valence-electron chi connectivity index (χ4n) is 2.27. The Hall–Kier alpha value is -1.41. The van der Waals surface area contributed by atoms with Crippen LogP contribution in [0, 0.1) is 0 Å². The first kappa shape index (κ1) is 13.6. The van der Waals surface area contributed by atoms with Crippen LogP contribution in [-0.2, 0) is 21.5 Å². The third-order valence-electron chi connectivity index (χ3n) is 3.39. The average Bonchev–Trinajstić information content (AvgIpc) is 2.94. The Morgan fingerprint density at radius 3 is 2.85 bits per heavy atom. The van der Waals surface area contributed by atoms with Crippen molar-refractivity contribution >= 4 is 21.1 Å². The quantitative estimate of drug-likeness (QED) is 0.877. The topological polar surface area (TPSA) is 74.4 Å². The molecule has 0 radical (unpaired) electrons. The Bertz CT molecular complexity index is 690. The molecular weight excluding hydrogens is 278 g/mol. The zero-order valence-corrected chi connectivity index (χ0v) is 11.8. The van der Waals surface area contributed by atoms with Crippen molar-refractivity contribution in [2.75, 3.05) is 26.3 Å². The molecule has 3 rings (SSSR count). The molecule has 0 spiro atoms. The monoisotopic (exact) mass is 295 g/mol. The summed E-state index contributed by atoms with van der Waals surface area (Å²) in [7, 11) is -3.43. The first-order valence-electron chi connectivity index (χ1n) is 6.54. The molecule has 0 bridgehead atoms. The number of benzene rings is 1. The molecule has 2 heterocycles. The second kappa shape index (κ2) is 5.53. The summed E-state index contributed by atoms with van der Waals surface area (Å²) in [6, 6.07) is 7.82. The predicted molar refractivity (Wildman–Crippen MR) is 76.5 cm³/mol. The van der Waals surface area contributed by atoms with Gasteiger partial charge in [0.2, 0.25) is 0 Å². The van der Waals surface area contributed by atoms with Crippen LogP contribution in [0.5, 0.6) is 0 Å². The number of fused-ring (bicyclic) bond motifs is 1. The lowest BCUT2D eigenvalue weighted by Crippen LogP contribution is -2.46. The smallest absolute Gasteiger partial charge is 0.279 e. The number of aromatic nitrogens is 1. The number of hydrogen-bond donors (Lipinski definition) is 2. The molecule has 20 heavy (non-hydrogen) atoms. The highest BCUT2D eigenvalue weighted by Crippen LogP contribution is 2.14. The number of rotatable bonds is 4. The lowest BCUT2D eigenvalue weighted by Gasteiger charge is -2.26. The molecule has 1 aliphatic heterocycles. The van der Waals surface area contributed by atoms with Gasteiger partial charge in [0, 0.05) is 31.3 Å². The maximum atomic E-state index is 12.1. The fourth-order valence-corrected chi connectivity index (χ4v) is 3.43. The normalized spacial score (nSPS) is 17.6. The minimum atomic E-state index is -3.43. The van der Waals surface area contributed by atoms with Gasteiger partial charge in [0.05, 0.1) is 13.2 Å². The van der Waals surface area contributed by atoms with Gasteiger partial charge in [-0.15, -0.1) is 0 Å². The molecule has 7 heteroatoms. The summed E-state index contributed by atoms with van der Waals surface area (Å²) < 4.78 is 33.5. The number of ether oxygens (including phenoxy) is 1. The van der Waals surface area contributed by atoms with E-state index in [-0.39, 0.29) is 0 Å². The largest absolute Gasteiger partial charge is 0.379 e. The van der Waals surface area contributed by atoms with Crippen LogP contribution in [0.15, 0.2) is 30.5 Å². The molecule has 1 aromatic heterocycles. The van der Waals surface area contributed by atoms with Crippen molar-refractivity contribution in [3.8, 4) is 0 Å². The van der Waals surface area contributed by atoms with Crippen molar-refractivity contribution in [1.82, 2.24) is 14.0 Å². The van der Waals surface area contributed by atoms with Crippen LogP contribution in [0.2, 0.25) is 0 Å². The molecule has 1 aliphatic rings. The molecule has 1 fully saturated rings. The maximum absolute atomic E-state index is 12.1. The molecule has 0 aliphatic carbocycles. The van der Waals surface area contributed by atoms with Crippen LogP contribution in [0.1, 0.15) is 5.56 Å². The van der Waals surface area contributed by atoms with Gasteiger partial charge in [-0.05, 0) is 29.1 Å². The molecule has 0 unspecified atom stereocenters. The molecule has 108 valence electrons. The number of nitrogens with zero attached hydrogens (tertiary/aromatic N) is 1. The summed E-state index contributed by atoms with van der Waals surface area (Å²) in [5.74, 6) is 0. The Morgan fingerprint density at radius 1 is 1.25 bits per heavy atom. The molecule has 1 saturated heterocycles. The number of H-pyrrole nitrogens is 1. The second-order valence-corrected chi connectivity index (χ2v) is 6.49. The third-order valence-corrected chi connectivity index (χ3v) is 4.94. The minimum absolute atomic E-state index is 0.292. The maximum Gasteiger partial charge on any atom is 0.279 e. The SMILES string of the molecule is O=S(=O)(NCc1ccc2[nH]ccc2c1)N1CCOCC1. The summed E-state index contributed by atoms with van der Waals surface area (Å²) in [5, 5.41) is 1.08. The molecule has 1 aromatic carbocycles. The van der Waals surface area contributed by atoms with E-state index in [2.05, 4.69) is 9.71 Å². The van der Waals surface area contributed by atoms with E-state index < -0.39 is 10.2 Å². The van der Waals surface area contributed by atoms with E-state index in [1.807, 2.05) is 30.5 Å². The van der Waals surface area contributed by atoms with Crippen LogP contribution in [0.4, 0.5) is 0 Å². The first-order valence-corrected chi connectivity index (χ1v) is 7.98. The van der Waals surface area contributed by atoms with E-state index in [1.165, 1.54) is 4.31 Å². The lowest BCUT2D eigenvalue weighted by atomic mass is 10.1. The second-order valence-electron chi connectivity index (χ2n) is 4.74. The highest BCUT2D eigenvalue weighted by molar-refractivity contribution is 7.87. The first-order chi connectivity index (χ1) is 9.65. The van der Waals surface area contributed by atoms with Crippen LogP contribution < -0.4 is 4.72 Å². The molecule has 0 amide bonds. The highest BCUT2D eigenvalue weighted by atomic mass is 32.2. The van der Waals surface area contributed by atoms with Crippen LogP contribution >= 0.6 is 0 Å². The molecule has 6 nitrogen and oxygen atoms in total. The van der Waals surface area contributed by atoms with E-state index in [0.29, 0.717) is 32.8 Å². The summed E-state index contributed by atoms with van der Waals surface area (Å²) in [4.78, 5) is 3.11. The van der Waals surface area contributed by atoms with Gasteiger partial charge in [0.1, 0.15) is 0 Å². The van der Waals surface area contributed by atoms with Crippen LogP contribution in [-0.4, -0.2) is 44.0 Å². The average molecular weight is 295 g/mol. The van der Waals surface area contributed by atoms with Gasteiger partial charge < -0.3 is 9.72 Å². The minimum Gasteiger partial charge on any atom is -0.379 e. The summed E-state index contributed by atoms with van der Waals surface area (Å²) in [5.41, 5.74) is 1.98. The Labute approximate surface area is 117 Å². The highest BCUT2D eigenvalue weighted by Gasteiger charge is 2.23. The van der Waals surface area contributed by atoms with Gasteiger partial charge in [-0.1, -0.05) is 6.07 Å². The number of aromatic amines is 1. The van der Waals surface area contributed by atoms with E-state index in [9.17, 15) is 8.42 Å². The van der Waals surface area contributed by atoms with Gasteiger partial charge in [-0.3, -0.25) is 0 Å². The third kappa shape index (κ3) is 2.85. The Kier molecular flexibility index (Phi) is 3.75. The fraction of sp³-hybridized carbons (Fsp3) is 0.385. The summed E-state index contributed by atoms with van der Waals surface area (Å²) >= 11 is 0. The van der Waals surface area contributed by atoms with Crippen molar-refractivity contribution in [3.05, 3.63) is 36.0 Å². The number of nitrogens with one attached hydrogen (secondary N) is 2. The van der Waals surface area contributed by atoms with Gasteiger partial charge in [-0.2, -0.15) is 17.4 Å². The number of morpholine rings is 1. The van der Waals surface area contributed by atoms with E-state index in [0.717, 1.165) is 16.5 Å². The summed E-state index contributed by atoms with van der Waals surface area (Å²) in [6.45, 7) is 2.02. The number of hydrogen-bond acceptors (Lipinski definition) is 3. The van der Waals surface area contributed by atoms with Gasteiger partial charge >= 0.3 is 0 Å². The molecular formula is C13H17N3O3S. The predicted octanol–water partition coefficient (Wildman–Crippen LogP) is 0.834. The van der Waals surface area contributed by atoms with Crippen molar-refractivity contribution in [3.63, 3.8) is 0 Å².